The molecule has 29 heavy (non-hydrogen) atoms. The third-order valence-corrected chi connectivity index (χ3v) is 5.74. The minimum atomic E-state index is -0.204. The van der Waals surface area contributed by atoms with Crippen LogP contribution in [-0.4, -0.2) is 52.1 Å². The molecule has 2 aromatic heterocycles. The molecule has 3 aromatic rings. The second-order valence-corrected chi connectivity index (χ2v) is 7.52. The van der Waals surface area contributed by atoms with Gasteiger partial charge in [0.05, 0.1) is 12.4 Å². The Bertz CT molecular complexity index is 951. The van der Waals surface area contributed by atoms with E-state index in [0.717, 1.165) is 54.9 Å². The van der Waals surface area contributed by atoms with Crippen LogP contribution < -0.4 is 5.32 Å². The van der Waals surface area contributed by atoms with E-state index in [9.17, 15) is 4.39 Å². The van der Waals surface area contributed by atoms with Gasteiger partial charge in [-0.05, 0) is 42.5 Å². The number of aromatic amines is 1. The number of hydrogen-bond donors (Lipinski definition) is 2. The van der Waals surface area contributed by atoms with Crippen molar-refractivity contribution < 1.29 is 4.39 Å². The van der Waals surface area contributed by atoms with Crippen molar-refractivity contribution in [3.8, 4) is 0 Å². The van der Waals surface area contributed by atoms with Crippen LogP contribution in [0.15, 0.2) is 48.1 Å². The number of piperidine rings is 1. The SMILES string of the molecule is CN=C(NCCc1c[nH]c2ccc(F)cc12)N1CCC(C)C(n2ccnc2)C1.I. The molecule has 2 unspecified atom stereocenters. The highest BCUT2D eigenvalue weighted by atomic mass is 127. The number of likely N-dealkylation sites (tertiary alicyclic amines) is 1. The Morgan fingerprint density at radius 2 is 2.28 bits per heavy atom. The van der Waals surface area contributed by atoms with Gasteiger partial charge >= 0.3 is 0 Å². The number of aliphatic imine (C=N–C) groups is 1. The normalized spacial score (nSPS) is 20.0. The lowest BCUT2D eigenvalue weighted by Crippen LogP contribution is -2.49. The van der Waals surface area contributed by atoms with Gasteiger partial charge in [0.1, 0.15) is 5.82 Å². The van der Waals surface area contributed by atoms with Crippen LogP contribution in [-0.2, 0) is 6.42 Å². The maximum Gasteiger partial charge on any atom is 0.193 e. The van der Waals surface area contributed by atoms with Crippen molar-refractivity contribution in [2.45, 2.75) is 25.8 Å². The molecule has 0 spiro atoms. The van der Waals surface area contributed by atoms with Gasteiger partial charge in [0, 0.05) is 56.2 Å². The lowest BCUT2D eigenvalue weighted by Gasteiger charge is -2.39. The summed E-state index contributed by atoms with van der Waals surface area (Å²) >= 11 is 0. The number of halogens is 2. The van der Waals surface area contributed by atoms with Crippen LogP contribution >= 0.6 is 24.0 Å². The van der Waals surface area contributed by atoms with Gasteiger partial charge in [0.25, 0.3) is 0 Å². The predicted octanol–water partition coefficient (Wildman–Crippen LogP) is 3.82. The minimum absolute atomic E-state index is 0. The minimum Gasteiger partial charge on any atom is -0.361 e. The fourth-order valence-electron chi connectivity index (χ4n) is 4.09. The van der Waals surface area contributed by atoms with Crippen LogP contribution in [0.25, 0.3) is 10.9 Å². The Hall–Kier alpha value is -2.10. The highest BCUT2D eigenvalue weighted by Gasteiger charge is 2.28. The molecule has 6 nitrogen and oxygen atoms in total. The summed E-state index contributed by atoms with van der Waals surface area (Å²) in [4.78, 5) is 14.2. The number of aromatic nitrogens is 3. The standard InChI is InChI=1S/C21H27FN6.HI/c1-15-6-9-27(13-20(15)28-10-8-24-14-28)21(23-2)25-7-5-16-12-26-19-4-3-17(22)11-18(16)19;/h3-4,8,10-12,14-15,20,26H,5-7,9,13H2,1-2H3,(H,23,25);1H. The van der Waals surface area contributed by atoms with Crippen molar-refractivity contribution in [1.82, 2.24) is 24.8 Å². The Morgan fingerprint density at radius 3 is 3.03 bits per heavy atom. The molecule has 0 radical (unpaired) electrons. The number of hydrogen-bond acceptors (Lipinski definition) is 2. The molecular weight excluding hydrogens is 482 g/mol. The molecule has 0 amide bonds. The molecule has 0 bridgehead atoms. The molecule has 8 heteroatoms. The molecule has 1 aliphatic heterocycles. The zero-order valence-electron chi connectivity index (χ0n) is 16.8. The molecule has 2 N–H and O–H groups in total. The Kier molecular flexibility index (Phi) is 7.15. The number of nitrogens with one attached hydrogen (secondary N) is 2. The first-order valence-electron chi connectivity index (χ1n) is 9.84. The number of nitrogens with zero attached hydrogens (tertiary/aromatic N) is 4. The van der Waals surface area contributed by atoms with Crippen LogP contribution in [0.2, 0.25) is 0 Å². The van der Waals surface area contributed by atoms with Crippen molar-refractivity contribution in [1.29, 1.82) is 0 Å². The molecule has 156 valence electrons. The summed E-state index contributed by atoms with van der Waals surface area (Å²) in [6.45, 7) is 4.95. The highest BCUT2D eigenvalue weighted by molar-refractivity contribution is 14.0. The maximum atomic E-state index is 13.6. The number of H-pyrrole nitrogens is 1. The third kappa shape index (κ3) is 4.73. The molecule has 1 saturated heterocycles. The first kappa shape index (κ1) is 21.6. The molecule has 4 rings (SSSR count). The zero-order valence-corrected chi connectivity index (χ0v) is 19.1. The van der Waals surface area contributed by atoms with Crippen LogP contribution in [0.3, 0.4) is 0 Å². The van der Waals surface area contributed by atoms with E-state index in [1.54, 1.807) is 12.1 Å². The third-order valence-electron chi connectivity index (χ3n) is 5.74. The van der Waals surface area contributed by atoms with E-state index in [1.165, 1.54) is 6.07 Å². The van der Waals surface area contributed by atoms with E-state index < -0.39 is 0 Å². The van der Waals surface area contributed by atoms with Crippen molar-refractivity contribution in [2.24, 2.45) is 10.9 Å². The largest absolute Gasteiger partial charge is 0.361 e. The van der Waals surface area contributed by atoms with Crippen molar-refractivity contribution in [2.75, 3.05) is 26.7 Å². The van der Waals surface area contributed by atoms with Gasteiger partial charge in [0.2, 0.25) is 0 Å². The summed E-state index contributed by atoms with van der Waals surface area (Å²) in [5.41, 5.74) is 2.08. The van der Waals surface area contributed by atoms with E-state index in [-0.39, 0.29) is 29.8 Å². The molecule has 3 heterocycles. The molecule has 1 aliphatic rings. The maximum absolute atomic E-state index is 13.6. The Morgan fingerprint density at radius 1 is 1.41 bits per heavy atom. The second kappa shape index (κ2) is 9.60. The van der Waals surface area contributed by atoms with Gasteiger partial charge in [-0.2, -0.15) is 0 Å². The van der Waals surface area contributed by atoms with E-state index in [0.29, 0.717) is 12.0 Å². The van der Waals surface area contributed by atoms with Gasteiger partial charge in [-0.25, -0.2) is 9.37 Å². The summed E-state index contributed by atoms with van der Waals surface area (Å²) in [7, 11) is 1.83. The fourth-order valence-corrected chi connectivity index (χ4v) is 4.09. The van der Waals surface area contributed by atoms with Gasteiger partial charge in [-0.3, -0.25) is 4.99 Å². The van der Waals surface area contributed by atoms with Gasteiger partial charge in [-0.1, -0.05) is 6.92 Å². The van der Waals surface area contributed by atoms with E-state index >= 15 is 0 Å². The molecule has 0 saturated carbocycles. The van der Waals surface area contributed by atoms with Crippen molar-refractivity contribution >= 4 is 40.8 Å². The van der Waals surface area contributed by atoms with Crippen molar-refractivity contribution in [3.63, 3.8) is 0 Å². The average molecular weight is 510 g/mol. The number of guanidine groups is 1. The van der Waals surface area contributed by atoms with Gasteiger partial charge in [-0.15, -0.1) is 24.0 Å². The molecule has 1 fully saturated rings. The lowest BCUT2D eigenvalue weighted by atomic mass is 9.93. The van der Waals surface area contributed by atoms with Crippen molar-refractivity contribution in [3.05, 3.63) is 54.5 Å². The van der Waals surface area contributed by atoms with Gasteiger partial charge in [0.15, 0.2) is 5.96 Å². The number of rotatable bonds is 4. The molecule has 1 aromatic carbocycles. The van der Waals surface area contributed by atoms with Crippen LogP contribution in [0.5, 0.6) is 0 Å². The Labute approximate surface area is 187 Å². The Balaban J connectivity index is 0.00000240. The lowest BCUT2D eigenvalue weighted by molar-refractivity contribution is 0.189. The molecule has 0 aliphatic carbocycles. The quantitative estimate of drug-likeness (QED) is 0.319. The summed E-state index contributed by atoms with van der Waals surface area (Å²) < 4.78 is 15.8. The summed E-state index contributed by atoms with van der Waals surface area (Å²) in [5.74, 6) is 1.32. The number of fused-ring (bicyclic) bond motifs is 1. The summed E-state index contributed by atoms with van der Waals surface area (Å²) in [6.07, 6.45) is 9.66. The molecule has 2 atom stereocenters. The van der Waals surface area contributed by atoms with Crippen LogP contribution in [0.4, 0.5) is 4.39 Å². The summed E-state index contributed by atoms with van der Waals surface area (Å²) in [6, 6.07) is 5.26. The first-order valence-corrected chi connectivity index (χ1v) is 9.84. The van der Waals surface area contributed by atoms with Crippen LogP contribution in [0, 0.1) is 11.7 Å². The topological polar surface area (TPSA) is 61.2 Å². The van der Waals surface area contributed by atoms with Crippen LogP contribution in [0.1, 0.15) is 24.9 Å². The number of benzene rings is 1. The fraction of sp³-hybridized carbons (Fsp3) is 0.429. The monoisotopic (exact) mass is 510 g/mol. The van der Waals surface area contributed by atoms with Gasteiger partial charge < -0.3 is 19.8 Å². The van der Waals surface area contributed by atoms with E-state index in [1.807, 2.05) is 32.0 Å². The average Bonchev–Trinajstić information content (AvgIpc) is 3.36. The number of imidazole rings is 1. The smallest absolute Gasteiger partial charge is 0.193 e. The van der Waals surface area contributed by atoms with E-state index in [4.69, 9.17) is 0 Å². The molecular formula is C21H28FIN6. The summed E-state index contributed by atoms with van der Waals surface area (Å²) in [5, 5.41) is 4.43. The first-order chi connectivity index (χ1) is 13.7. The zero-order chi connectivity index (χ0) is 19.5. The van der Waals surface area contributed by atoms with E-state index in [2.05, 4.69) is 36.7 Å². The predicted molar refractivity (Wildman–Crippen MR) is 125 cm³/mol. The highest BCUT2D eigenvalue weighted by Crippen LogP contribution is 2.27. The second-order valence-electron chi connectivity index (χ2n) is 7.52.